The number of hydrogen-bond acceptors (Lipinski definition) is 3. The van der Waals surface area contributed by atoms with Crippen LogP contribution in [0.3, 0.4) is 0 Å². The van der Waals surface area contributed by atoms with Crippen LogP contribution >= 0.6 is 0 Å². The van der Waals surface area contributed by atoms with Gasteiger partial charge in [-0.05, 0) is 34.7 Å². The Morgan fingerprint density at radius 3 is 2.52 bits per heavy atom. The third kappa shape index (κ3) is 3.14. The molecule has 1 atom stereocenters. The minimum Gasteiger partial charge on any atom is -0.388 e. The van der Waals surface area contributed by atoms with Gasteiger partial charge < -0.3 is 15.7 Å². The number of benzene rings is 2. The third-order valence-corrected chi connectivity index (χ3v) is 4.41. The fourth-order valence-corrected chi connectivity index (χ4v) is 2.98. The molecular formula is C19H22N2O2. The van der Waals surface area contributed by atoms with Crippen molar-refractivity contribution in [1.82, 2.24) is 0 Å². The molecule has 0 saturated carbocycles. The standard InChI is InChI=1S/C19H22N2O2/c1-2-18(22)15-7-8-17-16(9-15)10-19(23)21(17)12-14-5-3-13(11-20)4-6-14/h3-9,18,22H,2,10-12,20H2,1H3. The van der Waals surface area contributed by atoms with E-state index in [2.05, 4.69) is 0 Å². The summed E-state index contributed by atoms with van der Waals surface area (Å²) in [5.74, 6) is 0.103. The molecule has 2 aromatic carbocycles. The lowest BCUT2D eigenvalue weighted by atomic mass is 10.0. The molecule has 0 saturated heterocycles. The fourth-order valence-electron chi connectivity index (χ4n) is 2.98. The van der Waals surface area contributed by atoms with Gasteiger partial charge in [0.15, 0.2) is 0 Å². The van der Waals surface area contributed by atoms with Gasteiger partial charge in [0, 0.05) is 12.2 Å². The number of rotatable bonds is 5. The molecule has 0 aliphatic carbocycles. The number of amides is 1. The van der Waals surface area contributed by atoms with Gasteiger partial charge in [-0.15, -0.1) is 0 Å². The van der Waals surface area contributed by atoms with Gasteiger partial charge in [-0.3, -0.25) is 4.79 Å². The van der Waals surface area contributed by atoms with Crippen molar-refractivity contribution in [2.24, 2.45) is 5.73 Å². The largest absolute Gasteiger partial charge is 0.388 e. The lowest BCUT2D eigenvalue weighted by molar-refractivity contribution is -0.117. The smallest absolute Gasteiger partial charge is 0.231 e. The van der Waals surface area contributed by atoms with E-state index in [-0.39, 0.29) is 5.91 Å². The fraction of sp³-hybridized carbons (Fsp3) is 0.316. The topological polar surface area (TPSA) is 66.6 Å². The Balaban J connectivity index is 1.83. The van der Waals surface area contributed by atoms with Crippen LogP contribution in [0.4, 0.5) is 5.69 Å². The number of hydrogen-bond donors (Lipinski definition) is 2. The summed E-state index contributed by atoms with van der Waals surface area (Å²) in [7, 11) is 0. The molecule has 1 aliphatic rings. The van der Waals surface area contributed by atoms with E-state index in [1.165, 1.54) is 0 Å². The Morgan fingerprint density at radius 1 is 1.17 bits per heavy atom. The van der Waals surface area contributed by atoms with Crippen molar-refractivity contribution in [3.63, 3.8) is 0 Å². The van der Waals surface area contributed by atoms with Crippen LogP contribution < -0.4 is 10.6 Å². The Bertz CT molecular complexity index is 710. The van der Waals surface area contributed by atoms with Crippen LogP contribution in [-0.2, 0) is 24.3 Å². The first-order valence-electron chi connectivity index (χ1n) is 8.01. The average molecular weight is 310 g/mol. The molecule has 0 fully saturated rings. The predicted octanol–water partition coefficient (Wildman–Crippen LogP) is 2.68. The summed E-state index contributed by atoms with van der Waals surface area (Å²) < 4.78 is 0. The van der Waals surface area contributed by atoms with Crippen molar-refractivity contribution < 1.29 is 9.90 Å². The van der Waals surface area contributed by atoms with Crippen LogP contribution in [0.25, 0.3) is 0 Å². The minimum atomic E-state index is -0.465. The molecular weight excluding hydrogens is 288 g/mol. The van der Waals surface area contributed by atoms with Gasteiger partial charge in [0.25, 0.3) is 0 Å². The maximum atomic E-state index is 12.4. The summed E-state index contributed by atoms with van der Waals surface area (Å²) in [6.45, 7) is 3.03. The number of carbonyl (C=O) groups excluding carboxylic acids is 1. The maximum Gasteiger partial charge on any atom is 0.231 e. The second-order valence-corrected chi connectivity index (χ2v) is 5.99. The summed E-state index contributed by atoms with van der Waals surface area (Å²) in [4.78, 5) is 14.2. The molecule has 0 spiro atoms. The number of nitrogens with zero attached hydrogens (tertiary/aromatic N) is 1. The Hall–Kier alpha value is -2.17. The molecule has 4 heteroatoms. The molecule has 1 amide bonds. The summed E-state index contributed by atoms with van der Waals surface area (Å²) >= 11 is 0. The highest BCUT2D eigenvalue weighted by molar-refractivity contribution is 6.01. The van der Waals surface area contributed by atoms with Gasteiger partial charge >= 0.3 is 0 Å². The van der Waals surface area contributed by atoms with E-state index in [0.717, 1.165) is 27.9 Å². The minimum absolute atomic E-state index is 0.103. The van der Waals surface area contributed by atoms with Gasteiger partial charge in [0.1, 0.15) is 0 Å². The van der Waals surface area contributed by atoms with Gasteiger partial charge in [0.05, 0.1) is 19.1 Å². The van der Waals surface area contributed by atoms with E-state index >= 15 is 0 Å². The normalized spacial score (nSPS) is 14.9. The molecule has 120 valence electrons. The number of carbonyl (C=O) groups is 1. The molecule has 0 aromatic heterocycles. The van der Waals surface area contributed by atoms with E-state index in [1.54, 1.807) is 0 Å². The van der Waals surface area contributed by atoms with Crippen molar-refractivity contribution in [2.75, 3.05) is 4.90 Å². The molecule has 1 heterocycles. The molecule has 0 bridgehead atoms. The Labute approximate surface area is 136 Å². The molecule has 4 nitrogen and oxygen atoms in total. The van der Waals surface area contributed by atoms with Gasteiger partial charge in [-0.25, -0.2) is 0 Å². The van der Waals surface area contributed by atoms with E-state index < -0.39 is 6.10 Å². The van der Waals surface area contributed by atoms with Crippen LogP contribution in [0.1, 0.15) is 41.7 Å². The molecule has 1 unspecified atom stereocenters. The average Bonchev–Trinajstić information content (AvgIpc) is 2.89. The zero-order valence-electron chi connectivity index (χ0n) is 13.3. The van der Waals surface area contributed by atoms with Crippen molar-refractivity contribution in [3.8, 4) is 0 Å². The van der Waals surface area contributed by atoms with Crippen molar-refractivity contribution >= 4 is 11.6 Å². The second kappa shape index (κ2) is 6.52. The zero-order valence-corrected chi connectivity index (χ0v) is 13.3. The highest BCUT2D eigenvalue weighted by atomic mass is 16.3. The van der Waals surface area contributed by atoms with Gasteiger partial charge in [-0.1, -0.05) is 43.3 Å². The number of nitrogens with two attached hydrogens (primary N) is 1. The van der Waals surface area contributed by atoms with Gasteiger partial charge in [0.2, 0.25) is 5.91 Å². The number of aliphatic hydroxyl groups is 1. The van der Waals surface area contributed by atoms with Crippen molar-refractivity contribution in [2.45, 2.75) is 39.0 Å². The Morgan fingerprint density at radius 2 is 1.87 bits per heavy atom. The van der Waals surface area contributed by atoms with Crippen LogP contribution in [-0.4, -0.2) is 11.0 Å². The maximum absolute atomic E-state index is 12.4. The highest BCUT2D eigenvalue weighted by Crippen LogP contribution is 2.33. The monoisotopic (exact) mass is 310 g/mol. The number of anilines is 1. The van der Waals surface area contributed by atoms with E-state index in [0.29, 0.717) is 25.9 Å². The first-order valence-corrected chi connectivity index (χ1v) is 8.01. The molecule has 0 radical (unpaired) electrons. The second-order valence-electron chi connectivity index (χ2n) is 5.99. The molecule has 2 aromatic rings. The van der Waals surface area contributed by atoms with Crippen LogP contribution in [0, 0.1) is 0 Å². The van der Waals surface area contributed by atoms with Crippen LogP contribution in [0.15, 0.2) is 42.5 Å². The van der Waals surface area contributed by atoms with Crippen LogP contribution in [0.2, 0.25) is 0 Å². The van der Waals surface area contributed by atoms with Gasteiger partial charge in [-0.2, -0.15) is 0 Å². The van der Waals surface area contributed by atoms with E-state index in [4.69, 9.17) is 5.73 Å². The third-order valence-electron chi connectivity index (χ3n) is 4.41. The summed E-state index contributed by atoms with van der Waals surface area (Å²) in [5, 5.41) is 9.97. The molecule has 3 N–H and O–H groups in total. The molecule has 1 aliphatic heterocycles. The lowest BCUT2D eigenvalue weighted by Crippen LogP contribution is -2.25. The molecule has 23 heavy (non-hydrogen) atoms. The first-order chi connectivity index (χ1) is 11.1. The molecule has 3 rings (SSSR count). The first kappa shape index (κ1) is 15.7. The summed E-state index contributed by atoms with van der Waals surface area (Å²) in [5.41, 5.74) is 10.6. The van der Waals surface area contributed by atoms with Crippen LogP contribution in [0.5, 0.6) is 0 Å². The zero-order chi connectivity index (χ0) is 16.4. The van der Waals surface area contributed by atoms with E-state index in [1.807, 2.05) is 54.3 Å². The number of aliphatic hydroxyl groups excluding tert-OH is 1. The lowest BCUT2D eigenvalue weighted by Gasteiger charge is -2.18. The Kier molecular flexibility index (Phi) is 4.46. The predicted molar refractivity (Wildman–Crippen MR) is 90.9 cm³/mol. The quantitative estimate of drug-likeness (QED) is 0.892. The SMILES string of the molecule is CCC(O)c1ccc2c(c1)CC(=O)N2Cc1ccc(CN)cc1. The number of fused-ring (bicyclic) bond motifs is 1. The summed E-state index contributed by atoms with van der Waals surface area (Å²) in [6, 6.07) is 13.8. The van der Waals surface area contributed by atoms with Crippen molar-refractivity contribution in [3.05, 3.63) is 64.7 Å². The summed E-state index contributed by atoms with van der Waals surface area (Å²) in [6.07, 6.45) is 0.609. The van der Waals surface area contributed by atoms with E-state index in [9.17, 15) is 9.90 Å². The highest BCUT2D eigenvalue weighted by Gasteiger charge is 2.27. The van der Waals surface area contributed by atoms with Crippen molar-refractivity contribution in [1.29, 1.82) is 0 Å².